The van der Waals surface area contributed by atoms with Crippen LogP contribution in [0.2, 0.25) is 0 Å². The van der Waals surface area contributed by atoms with Crippen LogP contribution in [0.5, 0.6) is 5.88 Å². The molecular weight excluding hydrogens is 516 g/mol. The molecule has 0 bridgehead atoms. The number of nitrogen functional groups attached to an aromatic ring is 1. The summed E-state index contributed by atoms with van der Waals surface area (Å²) in [6.07, 6.45) is 6.21. The van der Waals surface area contributed by atoms with Gasteiger partial charge < -0.3 is 20.5 Å². The lowest BCUT2D eigenvalue weighted by atomic mass is 9.77. The number of amides is 3. The fourth-order valence-electron chi connectivity index (χ4n) is 7.88. The minimum absolute atomic E-state index is 0.136. The van der Waals surface area contributed by atoms with Crippen LogP contribution in [0.1, 0.15) is 69.9 Å². The highest BCUT2D eigenvalue weighted by molar-refractivity contribution is 6.06. The van der Waals surface area contributed by atoms with Crippen molar-refractivity contribution < 1.29 is 19.4 Å². The summed E-state index contributed by atoms with van der Waals surface area (Å²) in [5, 5.41) is 18.8. The van der Waals surface area contributed by atoms with E-state index in [4.69, 9.17) is 15.9 Å². The molecule has 40 heavy (non-hydrogen) atoms. The molecule has 1 aromatic rings. The SMILES string of the molecule is CN1C(=O)N(CC2COC2)[C@@](C)(CC2CCC(n3c(=O)c(C(=N)N)c(O)n(CC4C[C@@H]5C[C@@H]5C4)c3=O)CC2)C1=O. The van der Waals surface area contributed by atoms with Gasteiger partial charge in [0.05, 0.1) is 13.2 Å². The molecule has 218 valence electrons. The number of nitrogens with zero attached hydrogens (tertiary/aromatic N) is 4. The highest BCUT2D eigenvalue weighted by Crippen LogP contribution is 2.54. The van der Waals surface area contributed by atoms with Crippen LogP contribution in [0.15, 0.2) is 9.59 Å². The Labute approximate surface area is 232 Å². The van der Waals surface area contributed by atoms with E-state index in [1.54, 1.807) is 4.90 Å². The Morgan fingerprint density at radius 3 is 2.23 bits per heavy atom. The highest BCUT2D eigenvalue weighted by atomic mass is 16.5. The number of ether oxygens (including phenoxy) is 1. The first kappa shape index (κ1) is 27.0. The first-order chi connectivity index (χ1) is 19.0. The quantitative estimate of drug-likeness (QED) is 0.248. The molecule has 3 saturated carbocycles. The largest absolute Gasteiger partial charge is 0.494 e. The summed E-state index contributed by atoms with van der Waals surface area (Å²) < 4.78 is 7.73. The van der Waals surface area contributed by atoms with Gasteiger partial charge in [-0.3, -0.25) is 29.0 Å². The van der Waals surface area contributed by atoms with Gasteiger partial charge in [-0.15, -0.1) is 0 Å². The molecule has 3 aliphatic carbocycles. The fraction of sp³-hybridized carbons (Fsp3) is 0.750. The third kappa shape index (κ3) is 4.35. The summed E-state index contributed by atoms with van der Waals surface area (Å²) in [7, 11) is 1.53. The number of carbonyl (C=O) groups excluding carboxylic acids is 2. The molecule has 4 N–H and O–H groups in total. The third-order valence-corrected chi connectivity index (χ3v) is 10.3. The maximum Gasteiger partial charge on any atom is 0.334 e. The van der Waals surface area contributed by atoms with E-state index in [1.807, 2.05) is 6.92 Å². The number of aromatic nitrogens is 2. The number of nitrogens with two attached hydrogens (primary N) is 1. The van der Waals surface area contributed by atoms with Gasteiger partial charge in [-0.05, 0) is 82.0 Å². The summed E-state index contributed by atoms with van der Waals surface area (Å²) in [6, 6.07) is -0.668. The van der Waals surface area contributed by atoms with Crippen LogP contribution in [-0.4, -0.2) is 74.2 Å². The molecule has 12 heteroatoms. The number of rotatable bonds is 8. The Balaban J connectivity index is 1.20. The minimum Gasteiger partial charge on any atom is -0.494 e. The first-order valence-corrected chi connectivity index (χ1v) is 14.6. The van der Waals surface area contributed by atoms with Gasteiger partial charge in [-0.25, -0.2) is 9.59 Å². The van der Waals surface area contributed by atoms with E-state index in [0.717, 1.165) is 12.8 Å². The molecule has 1 aromatic heterocycles. The number of hydrogen-bond acceptors (Lipinski definition) is 7. The van der Waals surface area contributed by atoms with Crippen LogP contribution >= 0.6 is 0 Å². The lowest BCUT2D eigenvalue weighted by Gasteiger charge is -2.40. The zero-order valence-corrected chi connectivity index (χ0v) is 23.3. The molecule has 0 radical (unpaired) electrons. The Bertz CT molecular complexity index is 1350. The van der Waals surface area contributed by atoms with Crippen molar-refractivity contribution in [1.82, 2.24) is 18.9 Å². The van der Waals surface area contributed by atoms with Crippen LogP contribution in [0.3, 0.4) is 0 Å². The van der Waals surface area contributed by atoms with Gasteiger partial charge in [0.1, 0.15) is 16.9 Å². The Kier molecular flexibility index (Phi) is 6.59. The summed E-state index contributed by atoms with van der Waals surface area (Å²) in [5.41, 5.74) is 3.20. The van der Waals surface area contributed by atoms with Gasteiger partial charge in [0.25, 0.3) is 11.5 Å². The molecule has 1 unspecified atom stereocenters. The molecule has 6 rings (SSSR count). The maximum atomic E-state index is 13.6. The number of fused-ring (bicyclic) bond motifs is 1. The molecule has 12 nitrogen and oxygen atoms in total. The van der Waals surface area contributed by atoms with Gasteiger partial charge in [0.15, 0.2) is 0 Å². The van der Waals surface area contributed by atoms with Crippen molar-refractivity contribution in [3.05, 3.63) is 26.4 Å². The summed E-state index contributed by atoms with van der Waals surface area (Å²) in [6.45, 7) is 3.83. The molecule has 3 amide bonds. The van der Waals surface area contributed by atoms with Gasteiger partial charge in [-0.1, -0.05) is 0 Å². The normalized spacial score (nSPS) is 33.8. The highest BCUT2D eigenvalue weighted by Gasteiger charge is 2.54. The van der Waals surface area contributed by atoms with E-state index in [0.29, 0.717) is 70.2 Å². The second-order valence-corrected chi connectivity index (χ2v) is 13.1. The van der Waals surface area contributed by atoms with Gasteiger partial charge in [0, 0.05) is 32.1 Å². The van der Waals surface area contributed by atoms with E-state index < -0.39 is 34.5 Å². The zero-order valence-electron chi connectivity index (χ0n) is 23.3. The second kappa shape index (κ2) is 9.74. The summed E-state index contributed by atoms with van der Waals surface area (Å²) in [5.74, 6) is 0.778. The molecule has 2 saturated heterocycles. The number of nitrogens with one attached hydrogen (secondary N) is 1. The van der Waals surface area contributed by atoms with Crippen LogP contribution in [0.25, 0.3) is 0 Å². The number of amidine groups is 1. The first-order valence-electron chi connectivity index (χ1n) is 14.6. The maximum absolute atomic E-state index is 13.6. The van der Waals surface area contributed by atoms with Crippen LogP contribution in [-0.2, 0) is 16.1 Å². The predicted molar refractivity (Wildman–Crippen MR) is 145 cm³/mol. The number of aromatic hydroxyl groups is 1. The van der Waals surface area contributed by atoms with Crippen LogP contribution in [0, 0.1) is 35.0 Å². The third-order valence-electron chi connectivity index (χ3n) is 10.3. The molecule has 3 heterocycles. The van der Waals surface area contributed by atoms with Crippen LogP contribution < -0.4 is 17.0 Å². The molecule has 4 atom stereocenters. The van der Waals surface area contributed by atoms with Crippen molar-refractivity contribution in [2.75, 3.05) is 26.8 Å². The van der Waals surface area contributed by atoms with Gasteiger partial charge in [0.2, 0.25) is 5.88 Å². The molecule has 5 aliphatic rings. The monoisotopic (exact) mass is 556 g/mol. The van der Waals surface area contributed by atoms with E-state index in [-0.39, 0.29) is 35.3 Å². The molecule has 0 aromatic carbocycles. The molecule has 0 spiro atoms. The molecule has 5 fully saturated rings. The number of hydrogen-bond donors (Lipinski definition) is 3. The summed E-state index contributed by atoms with van der Waals surface area (Å²) >= 11 is 0. The Morgan fingerprint density at radius 2 is 1.65 bits per heavy atom. The minimum atomic E-state index is -0.940. The smallest absolute Gasteiger partial charge is 0.334 e. The average molecular weight is 557 g/mol. The van der Waals surface area contributed by atoms with Crippen molar-refractivity contribution in [3.8, 4) is 5.88 Å². The number of imide groups is 1. The second-order valence-electron chi connectivity index (χ2n) is 13.1. The van der Waals surface area contributed by atoms with Crippen molar-refractivity contribution in [2.24, 2.45) is 35.3 Å². The van der Waals surface area contributed by atoms with Crippen molar-refractivity contribution in [1.29, 1.82) is 5.41 Å². The average Bonchev–Trinajstić information content (AvgIpc) is 3.45. The summed E-state index contributed by atoms with van der Waals surface area (Å²) in [4.78, 5) is 56.0. The van der Waals surface area contributed by atoms with Crippen molar-refractivity contribution >= 4 is 17.8 Å². The topological polar surface area (TPSA) is 164 Å². The van der Waals surface area contributed by atoms with Gasteiger partial charge in [-0.2, -0.15) is 0 Å². The van der Waals surface area contributed by atoms with E-state index in [9.17, 15) is 24.3 Å². The van der Waals surface area contributed by atoms with Crippen molar-refractivity contribution in [3.63, 3.8) is 0 Å². The zero-order chi connectivity index (χ0) is 28.5. The number of urea groups is 1. The lowest BCUT2D eigenvalue weighted by molar-refractivity contribution is -0.133. The Morgan fingerprint density at radius 1 is 1.00 bits per heavy atom. The number of carbonyl (C=O) groups is 2. The lowest BCUT2D eigenvalue weighted by Crippen LogP contribution is -2.52. The Hall–Kier alpha value is -3.15. The van der Waals surface area contributed by atoms with E-state index in [2.05, 4.69) is 0 Å². The van der Waals surface area contributed by atoms with Crippen LogP contribution in [0.4, 0.5) is 4.79 Å². The fourth-order valence-corrected chi connectivity index (χ4v) is 7.88. The molecule has 2 aliphatic heterocycles. The standard InChI is InChI=1S/C28H40N6O6/c1-28(25(37)31(2)26(38)33(28)12-17-13-40-14-17)10-15-3-5-20(6-4-15)34-24(36)21(22(29)30)23(35)32(27(34)39)11-16-7-18-9-19(18)8-16/h15-20,35H,3-14H2,1-2H3,(H3,29,30)/t15?,16?,18-,19+,20?,28-/m0/s1. The predicted octanol–water partition coefficient (Wildman–Crippen LogP) is 1.47. The number of likely N-dealkylation sites (N-methyl/N-ethyl adjacent to an activating group) is 1. The van der Waals surface area contributed by atoms with Gasteiger partial charge >= 0.3 is 11.7 Å². The molecular formula is C28H40N6O6. The van der Waals surface area contributed by atoms with E-state index in [1.165, 1.54) is 27.5 Å². The van der Waals surface area contributed by atoms with E-state index >= 15 is 0 Å². The van der Waals surface area contributed by atoms with Crippen molar-refractivity contribution in [2.45, 2.75) is 76.4 Å².